The third kappa shape index (κ3) is 24.9. The highest BCUT2D eigenvalue weighted by Gasteiger charge is 2.09. The molecule has 17 heteroatoms. The second kappa shape index (κ2) is 29.3. The second-order valence-corrected chi connectivity index (χ2v) is 13.3. The van der Waals surface area contributed by atoms with Crippen molar-refractivity contribution in [3.63, 3.8) is 0 Å². The van der Waals surface area contributed by atoms with Gasteiger partial charge in [-0.2, -0.15) is 0 Å². The maximum Gasteiger partial charge on any atom is 0.343 e. The molecule has 0 saturated heterocycles. The molecular weight excluding hydrogens is 807 g/mol. The predicted molar refractivity (Wildman–Crippen MR) is 214 cm³/mol. The molecule has 0 bridgehead atoms. The third-order valence-corrected chi connectivity index (χ3v) is 6.53. The monoisotopic (exact) mass is 848 g/mol. The molecule has 0 radical (unpaired) electrons. The van der Waals surface area contributed by atoms with Gasteiger partial charge in [0.2, 0.25) is 9.23 Å². The number of aromatic carboxylic acids is 1. The fourth-order valence-corrected chi connectivity index (χ4v) is 3.77. The highest BCUT2D eigenvalue weighted by molar-refractivity contribution is 8.26. The first-order valence-corrected chi connectivity index (χ1v) is 19.5. The molecule has 0 heterocycles. The summed E-state index contributed by atoms with van der Waals surface area (Å²) in [6.07, 6.45) is 5.12. The summed E-state index contributed by atoms with van der Waals surface area (Å²) >= 11 is 0. The van der Waals surface area contributed by atoms with Crippen molar-refractivity contribution >= 4 is 54.5 Å². The molecule has 0 amide bonds. The number of halogens is 2. The average Bonchev–Trinajstić information content (AvgIpc) is 3.20. The van der Waals surface area contributed by atoms with E-state index in [2.05, 4.69) is 34.5 Å². The minimum absolute atomic E-state index is 0.102. The van der Waals surface area contributed by atoms with E-state index in [1.165, 1.54) is 60.7 Å². The van der Waals surface area contributed by atoms with E-state index in [4.69, 9.17) is 43.2 Å². The molecule has 0 aliphatic carbocycles. The highest BCUT2D eigenvalue weighted by atomic mass is 36.0. The Morgan fingerprint density at radius 1 is 0.544 bits per heavy atom. The number of carboxylic acids is 1. The second-order valence-electron chi connectivity index (χ2n) is 10.8. The summed E-state index contributed by atoms with van der Waals surface area (Å²) in [6, 6.07) is 24.4. The molecule has 0 saturated carbocycles. The molecule has 4 aromatic rings. The first-order valence-electron chi connectivity index (χ1n) is 16.7. The van der Waals surface area contributed by atoms with Crippen LogP contribution in [0.4, 0.5) is 0 Å². The van der Waals surface area contributed by atoms with E-state index in [-0.39, 0.29) is 22.8 Å². The topological polar surface area (TPSA) is 212 Å². The number of hydrogen-bond acceptors (Lipinski definition) is 13. The molecule has 0 aromatic heterocycles. The van der Waals surface area contributed by atoms with Gasteiger partial charge in [0.1, 0.15) is 34.5 Å². The van der Waals surface area contributed by atoms with Gasteiger partial charge in [0, 0.05) is 33.5 Å². The number of hydrogen-bond donors (Lipinski definition) is 4. The quantitative estimate of drug-likeness (QED) is 0.0199. The average molecular weight is 850 g/mol. The molecule has 0 aliphatic rings. The largest absolute Gasteiger partial charge is 0.508 e. The van der Waals surface area contributed by atoms with Crippen LogP contribution in [0, 0.1) is 0 Å². The van der Waals surface area contributed by atoms with E-state index in [9.17, 15) is 24.3 Å². The zero-order valence-electron chi connectivity index (χ0n) is 30.5. The van der Waals surface area contributed by atoms with Crippen molar-refractivity contribution in [1.29, 1.82) is 0 Å². The van der Waals surface area contributed by atoms with Gasteiger partial charge in [-0.1, -0.05) is 13.2 Å². The Bertz CT molecular complexity index is 1810. The van der Waals surface area contributed by atoms with Crippen LogP contribution in [-0.2, 0) is 28.3 Å². The van der Waals surface area contributed by atoms with Crippen molar-refractivity contribution in [1.82, 2.24) is 0 Å². The van der Waals surface area contributed by atoms with Gasteiger partial charge in [-0.3, -0.25) is 0 Å². The number of carbonyl (C=O) groups is 4. The van der Waals surface area contributed by atoms with E-state index in [1.54, 1.807) is 36.4 Å². The van der Waals surface area contributed by atoms with Gasteiger partial charge in [0.05, 0.1) is 37.6 Å². The summed E-state index contributed by atoms with van der Waals surface area (Å²) in [6.45, 7) is 8.24. The molecule has 14 nitrogen and oxygen atoms in total. The zero-order valence-corrected chi connectivity index (χ0v) is 32.8. The van der Waals surface area contributed by atoms with Gasteiger partial charge >= 0.3 is 23.9 Å². The molecule has 4 N–H and O–H groups in total. The molecule has 0 aliphatic heterocycles. The lowest BCUT2D eigenvalue weighted by Crippen LogP contribution is -2.08. The van der Waals surface area contributed by atoms with Crippen LogP contribution in [-0.4, -0.2) is 74.9 Å². The van der Waals surface area contributed by atoms with Crippen molar-refractivity contribution in [2.75, 3.05) is 26.4 Å². The smallest absolute Gasteiger partial charge is 0.343 e. The Kier molecular flexibility index (Phi) is 25.2. The predicted octanol–water partition coefficient (Wildman–Crippen LogP) is 7.91. The van der Waals surface area contributed by atoms with Gasteiger partial charge in [-0.25, -0.2) is 23.4 Å². The van der Waals surface area contributed by atoms with Crippen LogP contribution in [0.5, 0.6) is 34.5 Å². The molecule has 4 aromatic carbocycles. The summed E-state index contributed by atoms with van der Waals surface area (Å²) < 4.78 is 35.0. The number of phenols is 3. The number of unbranched alkanes of at least 4 members (excludes halogenated alkanes) is 2. The Morgan fingerprint density at radius 2 is 0.860 bits per heavy atom. The van der Waals surface area contributed by atoms with Crippen LogP contribution in [0.2, 0.25) is 0 Å². The minimum atomic E-state index is -1.67. The summed E-state index contributed by atoms with van der Waals surface area (Å²) in [5.41, 5.74) is 0.616. The van der Waals surface area contributed by atoms with Crippen molar-refractivity contribution in [3.05, 3.63) is 133 Å². The van der Waals surface area contributed by atoms with E-state index in [0.717, 1.165) is 25.0 Å². The lowest BCUT2D eigenvalue weighted by Gasteiger charge is -2.08. The van der Waals surface area contributed by atoms with Gasteiger partial charge in [-0.15, -0.1) is 0 Å². The van der Waals surface area contributed by atoms with Gasteiger partial charge in [0.25, 0.3) is 0 Å². The number of aromatic hydroxyl groups is 3. The minimum Gasteiger partial charge on any atom is -0.508 e. The van der Waals surface area contributed by atoms with Gasteiger partial charge in [-0.05, 0) is 123 Å². The van der Waals surface area contributed by atoms with E-state index in [0.29, 0.717) is 62.1 Å². The number of rotatable bonds is 17. The maximum absolute atomic E-state index is 12.0. The van der Waals surface area contributed by atoms with Crippen molar-refractivity contribution < 1.29 is 67.5 Å². The first-order chi connectivity index (χ1) is 27.2. The fourth-order valence-electron chi connectivity index (χ4n) is 3.77. The summed E-state index contributed by atoms with van der Waals surface area (Å²) in [4.78, 5) is 44.3. The van der Waals surface area contributed by atoms with Crippen LogP contribution in [0.1, 0.15) is 46.4 Å². The number of carboxylic acid groups (broad SMARTS) is 1. The Balaban J connectivity index is 0.000000453. The number of carbonyl (C=O) groups excluding carboxylic acids is 3. The van der Waals surface area contributed by atoms with Crippen LogP contribution in [0.15, 0.2) is 122 Å². The molecule has 0 atom stereocenters. The Morgan fingerprint density at radius 3 is 1.21 bits per heavy atom. The van der Waals surface area contributed by atoms with Crippen molar-refractivity contribution in [2.45, 2.75) is 25.7 Å². The van der Waals surface area contributed by atoms with Gasteiger partial charge < -0.3 is 44.1 Å². The van der Waals surface area contributed by atoms with E-state index >= 15 is 0 Å². The number of phenolic OH excluding ortho intramolecular Hbond substituents is 3. The standard InChI is InChI=1S/C20H20O6.C14H16O5.C6H6O2.Cl2OS/c1-2-19(22)25-14-4-3-13-24-17-9-5-15(6-10-17)20(23)26-18-11-7-16(21)8-12-18;1-2-13(15)19-10-4-3-9-18-12-7-5-11(6-8-12)14(16)17;7-5-1-2-6(8)4-3-5;1-4(2)3/h2,5-12,21H,1,3-4,13-14H2;2,5-8H,1,3-4,9-10H2,(H,16,17);1-4,7-8H;. The molecular formula is C40H42Cl2O14S. The van der Waals surface area contributed by atoms with Crippen LogP contribution < -0.4 is 14.2 Å². The summed E-state index contributed by atoms with van der Waals surface area (Å²) in [5, 5.41) is 35.2. The molecule has 0 spiro atoms. The van der Waals surface area contributed by atoms with Crippen LogP contribution in [0.25, 0.3) is 0 Å². The molecule has 0 unspecified atom stereocenters. The van der Waals surface area contributed by atoms with Crippen molar-refractivity contribution in [3.8, 4) is 34.5 Å². The number of esters is 3. The maximum atomic E-state index is 12.0. The lowest BCUT2D eigenvalue weighted by molar-refractivity contribution is -0.138. The lowest BCUT2D eigenvalue weighted by atomic mass is 10.2. The first kappa shape index (κ1) is 49.0. The Hall–Kier alpha value is -6.03. The van der Waals surface area contributed by atoms with Gasteiger partial charge in [0.15, 0.2) is 0 Å². The third-order valence-electron chi connectivity index (χ3n) is 6.53. The summed E-state index contributed by atoms with van der Waals surface area (Å²) in [5.74, 6) is -0.267. The molecule has 4 rings (SSSR count). The molecule has 0 fully saturated rings. The number of benzene rings is 4. The highest BCUT2D eigenvalue weighted by Crippen LogP contribution is 2.19. The summed E-state index contributed by atoms with van der Waals surface area (Å²) in [7, 11) is 7.36. The number of ether oxygens (including phenoxy) is 5. The molecule has 57 heavy (non-hydrogen) atoms. The van der Waals surface area contributed by atoms with Crippen LogP contribution in [0.3, 0.4) is 0 Å². The zero-order chi connectivity index (χ0) is 42.4. The van der Waals surface area contributed by atoms with E-state index < -0.39 is 33.1 Å². The molecule has 306 valence electrons. The van der Waals surface area contributed by atoms with Crippen molar-refractivity contribution in [2.24, 2.45) is 0 Å². The normalized spacial score (nSPS) is 9.67. The van der Waals surface area contributed by atoms with Crippen LogP contribution >= 0.6 is 21.4 Å². The SMILES string of the molecule is C=CC(=O)OCCCCOc1ccc(C(=O)O)cc1.C=CC(=O)OCCCCOc1ccc(C(=O)Oc2ccc(O)cc2)cc1.O=S(Cl)Cl.Oc1ccc(O)cc1. The Labute approximate surface area is 340 Å². The van der Waals surface area contributed by atoms with E-state index in [1.807, 2.05) is 0 Å². The fraction of sp³-hybridized carbons (Fsp3) is 0.200.